The maximum absolute atomic E-state index is 11.2. The summed E-state index contributed by atoms with van der Waals surface area (Å²) in [5.41, 5.74) is 1.98. The van der Waals surface area contributed by atoms with Gasteiger partial charge in [-0.2, -0.15) is 11.8 Å². The standard InChI is InChI=1S/C14H18OS2/c1-10-7-12(5-6-17-10)8-11-3-2-4-13(9-11)14(15)16/h2-4,9-10,12H,5-8H2,1H3,(H,15,16)/t10-,12?/m0/s1. The molecule has 1 nitrogen and oxygen atoms in total. The van der Waals surface area contributed by atoms with Crippen LogP contribution < -0.4 is 0 Å². The molecule has 1 aliphatic rings. The van der Waals surface area contributed by atoms with E-state index in [2.05, 4.69) is 37.4 Å². The zero-order valence-electron chi connectivity index (χ0n) is 10.1. The summed E-state index contributed by atoms with van der Waals surface area (Å²) in [6.45, 7) is 2.31. The van der Waals surface area contributed by atoms with Crippen molar-refractivity contribution in [3.8, 4) is 0 Å². The van der Waals surface area contributed by atoms with Crippen LogP contribution in [0.2, 0.25) is 0 Å². The Morgan fingerprint density at radius 3 is 3.06 bits per heavy atom. The van der Waals surface area contributed by atoms with Crippen molar-refractivity contribution in [2.24, 2.45) is 5.92 Å². The fourth-order valence-electron chi connectivity index (χ4n) is 2.44. The van der Waals surface area contributed by atoms with Gasteiger partial charge in [0.2, 0.25) is 5.12 Å². The molecule has 0 amide bonds. The lowest BCUT2D eigenvalue weighted by Gasteiger charge is -2.26. The van der Waals surface area contributed by atoms with E-state index in [0.717, 1.165) is 17.6 Å². The normalized spacial score (nSPS) is 24.6. The average molecular weight is 266 g/mol. The van der Waals surface area contributed by atoms with Crippen molar-refractivity contribution in [3.05, 3.63) is 35.4 Å². The number of thiol groups is 1. The minimum atomic E-state index is -0.139. The van der Waals surface area contributed by atoms with Crippen LogP contribution in [0.15, 0.2) is 24.3 Å². The van der Waals surface area contributed by atoms with E-state index in [-0.39, 0.29) is 5.12 Å². The first-order valence-corrected chi connectivity index (χ1v) is 7.58. The Morgan fingerprint density at radius 2 is 2.35 bits per heavy atom. The molecule has 1 aliphatic heterocycles. The van der Waals surface area contributed by atoms with Crippen LogP contribution in [0.5, 0.6) is 0 Å². The fraction of sp³-hybridized carbons (Fsp3) is 0.500. The molecule has 1 unspecified atom stereocenters. The third-order valence-electron chi connectivity index (χ3n) is 3.29. The van der Waals surface area contributed by atoms with Crippen molar-refractivity contribution in [2.75, 3.05) is 5.75 Å². The van der Waals surface area contributed by atoms with E-state index in [4.69, 9.17) is 0 Å². The van der Waals surface area contributed by atoms with E-state index in [9.17, 15) is 4.79 Å². The lowest BCUT2D eigenvalue weighted by Crippen LogP contribution is -2.17. The highest BCUT2D eigenvalue weighted by atomic mass is 32.2. The van der Waals surface area contributed by atoms with Crippen LogP contribution in [0, 0.1) is 5.92 Å². The molecule has 0 aliphatic carbocycles. The van der Waals surface area contributed by atoms with Crippen molar-refractivity contribution in [3.63, 3.8) is 0 Å². The van der Waals surface area contributed by atoms with Crippen LogP contribution in [0.3, 0.4) is 0 Å². The largest absolute Gasteiger partial charge is 0.282 e. The summed E-state index contributed by atoms with van der Waals surface area (Å²) in [6, 6.07) is 7.90. The van der Waals surface area contributed by atoms with Crippen molar-refractivity contribution in [2.45, 2.75) is 31.4 Å². The molecule has 2 atom stereocenters. The molecule has 1 heterocycles. The predicted octanol–water partition coefficient (Wildman–Crippen LogP) is 3.83. The second-order valence-electron chi connectivity index (χ2n) is 4.78. The maximum atomic E-state index is 11.2. The molecule has 0 radical (unpaired) electrons. The van der Waals surface area contributed by atoms with Crippen molar-refractivity contribution >= 4 is 29.5 Å². The second kappa shape index (κ2) is 5.96. The molecule has 3 heteroatoms. The molecule has 0 spiro atoms. The third kappa shape index (κ3) is 3.78. The number of benzene rings is 1. The SMILES string of the molecule is C[C@H]1CC(Cc2cccc(C(=O)S)c2)CCS1. The first kappa shape index (κ1) is 13.0. The average Bonchev–Trinajstić information content (AvgIpc) is 2.29. The van der Waals surface area contributed by atoms with Gasteiger partial charge in [-0.25, -0.2) is 0 Å². The van der Waals surface area contributed by atoms with E-state index < -0.39 is 0 Å². The van der Waals surface area contributed by atoms with Crippen LogP contribution in [-0.4, -0.2) is 16.1 Å². The van der Waals surface area contributed by atoms with E-state index in [1.165, 1.54) is 24.2 Å². The third-order valence-corrected chi connectivity index (χ3v) is 4.78. The Hall–Kier alpha value is -0.410. The summed E-state index contributed by atoms with van der Waals surface area (Å²) in [6.07, 6.45) is 3.69. The van der Waals surface area contributed by atoms with Crippen LogP contribution in [-0.2, 0) is 6.42 Å². The molecule has 0 bridgehead atoms. The number of carbonyl (C=O) groups is 1. The number of rotatable bonds is 3. The summed E-state index contributed by atoms with van der Waals surface area (Å²) in [5.74, 6) is 2.05. The highest BCUT2D eigenvalue weighted by molar-refractivity contribution is 7.99. The predicted molar refractivity (Wildman–Crippen MR) is 78.1 cm³/mol. The zero-order valence-corrected chi connectivity index (χ0v) is 11.8. The highest BCUT2D eigenvalue weighted by Gasteiger charge is 2.19. The molecule has 0 saturated carbocycles. The summed E-state index contributed by atoms with van der Waals surface area (Å²) < 4.78 is 0. The Balaban J connectivity index is 2.02. The Morgan fingerprint density at radius 1 is 1.53 bits per heavy atom. The molecule has 17 heavy (non-hydrogen) atoms. The van der Waals surface area contributed by atoms with Gasteiger partial charge in [0, 0.05) is 10.8 Å². The molecule has 1 saturated heterocycles. The van der Waals surface area contributed by atoms with Gasteiger partial charge in [0.15, 0.2) is 0 Å². The maximum Gasteiger partial charge on any atom is 0.216 e. The van der Waals surface area contributed by atoms with Gasteiger partial charge in [-0.05, 0) is 42.6 Å². The van der Waals surface area contributed by atoms with Crippen molar-refractivity contribution in [1.29, 1.82) is 0 Å². The van der Waals surface area contributed by atoms with Gasteiger partial charge in [0.05, 0.1) is 0 Å². The van der Waals surface area contributed by atoms with Gasteiger partial charge >= 0.3 is 0 Å². The molecular weight excluding hydrogens is 248 g/mol. The Bertz CT molecular complexity index is 403. The first-order chi connectivity index (χ1) is 8.15. The van der Waals surface area contributed by atoms with Gasteiger partial charge in [0.25, 0.3) is 0 Å². The molecule has 2 rings (SSSR count). The molecule has 1 aromatic rings. The summed E-state index contributed by atoms with van der Waals surface area (Å²) in [7, 11) is 0. The van der Waals surface area contributed by atoms with Crippen LogP contribution in [0.4, 0.5) is 0 Å². The van der Waals surface area contributed by atoms with Crippen LogP contribution in [0.25, 0.3) is 0 Å². The van der Waals surface area contributed by atoms with E-state index in [0.29, 0.717) is 5.56 Å². The number of hydrogen-bond acceptors (Lipinski definition) is 2. The molecule has 0 aromatic heterocycles. The Kier molecular flexibility index (Phi) is 4.57. The smallest absolute Gasteiger partial charge is 0.216 e. The topological polar surface area (TPSA) is 17.1 Å². The van der Waals surface area contributed by atoms with Crippen molar-refractivity contribution in [1.82, 2.24) is 0 Å². The molecule has 1 aromatic carbocycles. The van der Waals surface area contributed by atoms with E-state index in [1.54, 1.807) is 0 Å². The molecular formula is C14H18OS2. The number of carbonyl (C=O) groups excluding carboxylic acids is 1. The lowest BCUT2D eigenvalue weighted by molar-refractivity contribution is 0.109. The van der Waals surface area contributed by atoms with Gasteiger partial charge < -0.3 is 0 Å². The minimum Gasteiger partial charge on any atom is -0.282 e. The Labute approximate surface area is 113 Å². The fourth-order valence-corrected chi connectivity index (χ4v) is 3.86. The summed E-state index contributed by atoms with van der Waals surface area (Å²) in [4.78, 5) is 11.2. The molecule has 0 N–H and O–H groups in total. The quantitative estimate of drug-likeness (QED) is 0.837. The summed E-state index contributed by atoms with van der Waals surface area (Å²) in [5, 5.41) is 0.642. The first-order valence-electron chi connectivity index (χ1n) is 6.09. The number of hydrogen-bond donors (Lipinski definition) is 1. The number of thioether (sulfide) groups is 1. The minimum absolute atomic E-state index is 0.139. The van der Waals surface area contributed by atoms with Gasteiger partial charge in [-0.3, -0.25) is 4.79 Å². The van der Waals surface area contributed by atoms with Gasteiger partial charge in [-0.15, -0.1) is 12.6 Å². The molecule has 92 valence electrons. The summed E-state index contributed by atoms with van der Waals surface area (Å²) >= 11 is 5.95. The highest BCUT2D eigenvalue weighted by Crippen LogP contribution is 2.31. The van der Waals surface area contributed by atoms with Crippen LogP contribution >= 0.6 is 24.4 Å². The second-order valence-corrected chi connectivity index (χ2v) is 6.73. The molecule has 1 fully saturated rings. The van der Waals surface area contributed by atoms with Crippen molar-refractivity contribution < 1.29 is 4.79 Å². The van der Waals surface area contributed by atoms with Gasteiger partial charge in [-0.1, -0.05) is 25.1 Å². The lowest BCUT2D eigenvalue weighted by atomic mass is 9.91. The van der Waals surface area contributed by atoms with Gasteiger partial charge in [0.1, 0.15) is 0 Å². The monoisotopic (exact) mass is 266 g/mol. The van der Waals surface area contributed by atoms with E-state index >= 15 is 0 Å². The van der Waals surface area contributed by atoms with Crippen LogP contribution in [0.1, 0.15) is 35.7 Å². The zero-order chi connectivity index (χ0) is 12.3. The van der Waals surface area contributed by atoms with E-state index in [1.807, 2.05) is 18.2 Å².